The molecule has 4 heteroatoms. The topological polar surface area (TPSA) is 44.7 Å². The van der Waals surface area contributed by atoms with E-state index in [0.717, 1.165) is 12.1 Å². The number of rotatable bonds is 10. The average Bonchev–Trinajstić information content (AvgIpc) is 2.71. The van der Waals surface area contributed by atoms with Crippen LogP contribution in [0.4, 0.5) is 5.69 Å². The molecule has 1 amide bonds. The molecule has 2 rings (SSSR count). The molecule has 0 aliphatic heterocycles. The maximum absolute atomic E-state index is 13.0. The van der Waals surface area contributed by atoms with Crippen LogP contribution in [0, 0.1) is 13.8 Å². The molecule has 4 nitrogen and oxygen atoms in total. The number of carbonyl (C=O) groups excluding carboxylic acids is 1. The Hall–Kier alpha value is -3.14. The molecular weight excluding hydrogens is 346 g/mol. The van der Waals surface area contributed by atoms with Crippen LogP contribution < -0.4 is 5.43 Å². The fraction of sp³-hybridized carbons (Fsp3) is 0.250. The third-order valence-electron chi connectivity index (χ3n) is 4.55. The Kier molecular flexibility index (Phi) is 8.22. The van der Waals surface area contributed by atoms with E-state index in [1.807, 2.05) is 36.4 Å². The normalized spacial score (nSPS) is 11.0. The molecule has 0 unspecified atom stereocenters. The van der Waals surface area contributed by atoms with Crippen LogP contribution in [-0.4, -0.2) is 29.6 Å². The maximum Gasteiger partial charge on any atom is 0.270 e. The first-order valence-corrected chi connectivity index (χ1v) is 9.50. The monoisotopic (exact) mass is 375 g/mol. The fourth-order valence-electron chi connectivity index (χ4n) is 2.80. The van der Waals surface area contributed by atoms with Crippen LogP contribution >= 0.6 is 0 Å². The summed E-state index contributed by atoms with van der Waals surface area (Å²) in [4.78, 5) is 14.7. The molecule has 0 atom stereocenters. The predicted molar refractivity (Wildman–Crippen MR) is 119 cm³/mol. The molecule has 0 aromatic heterocycles. The standard InChI is InChI=1S/C24H29N3O/c1-5-16-27(17-6-2)24(28)23(15-13-21-10-8-7-9-11-21)26-25-22-14-12-19(3)20(4)18-22/h5-12,14,18,25H,1-2,13,15-17H2,3-4H3/b26-23+. The number of carbonyl (C=O) groups is 1. The summed E-state index contributed by atoms with van der Waals surface area (Å²) >= 11 is 0. The van der Waals surface area contributed by atoms with Gasteiger partial charge in [-0.25, -0.2) is 0 Å². The largest absolute Gasteiger partial charge is 0.330 e. The summed E-state index contributed by atoms with van der Waals surface area (Å²) in [6.07, 6.45) is 4.72. The summed E-state index contributed by atoms with van der Waals surface area (Å²) in [7, 11) is 0. The number of nitrogens with zero attached hydrogens (tertiary/aromatic N) is 2. The molecule has 0 saturated heterocycles. The van der Waals surface area contributed by atoms with Gasteiger partial charge in [0, 0.05) is 19.5 Å². The number of anilines is 1. The summed E-state index contributed by atoms with van der Waals surface area (Å²) in [6.45, 7) is 12.5. The highest BCUT2D eigenvalue weighted by Gasteiger charge is 2.18. The second-order valence-corrected chi connectivity index (χ2v) is 6.74. The van der Waals surface area contributed by atoms with Crippen LogP contribution in [0.25, 0.3) is 0 Å². The molecule has 0 fully saturated rings. The smallest absolute Gasteiger partial charge is 0.270 e. The van der Waals surface area contributed by atoms with Gasteiger partial charge in [-0.3, -0.25) is 10.2 Å². The molecular formula is C24H29N3O. The van der Waals surface area contributed by atoms with Crippen LogP contribution in [0.2, 0.25) is 0 Å². The highest BCUT2D eigenvalue weighted by Crippen LogP contribution is 2.15. The van der Waals surface area contributed by atoms with E-state index in [0.29, 0.717) is 25.2 Å². The lowest BCUT2D eigenvalue weighted by molar-refractivity contribution is -0.123. The second kappa shape index (κ2) is 10.9. The number of hydrogen-bond donors (Lipinski definition) is 1. The van der Waals surface area contributed by atoms with Gasteiger partial charge in [0.1, 0.15) is 5.71 Å². The van der Waals surface area contributed by atoms with Crippen molar-refractivity contribution in [1.29, 1.82) is 0 Å². The van der Waals surface area contributed by atoms with E-state index < -0.39 is 0 Å². The van der Waals surface area contributed by atoms with Crippen molar-refractivity contribution in [3.05, 3.63) is 90.5 Å². The number of hydrogen-bond acceptors (Lipinski definition) is 3. The zero-order chi connectivity index (χ0) is 20.4. The van der Waals surface area contributed by atoms with Crippen LogP contribution in [0.1, 0.15) is 23.1 Å². The molecule has 0 radical (unpaired) electrons. The van der Waals surface area contributed by atoms with Crippen LogP contribution in [-0.2, 0) is 11.2 Å². The summed E-state index contributed by atoms with van der Waals surface area (Å²) in [5, 5.41) is 4.47. The number of amides is 1. The van der Waals surface area contributed by atoms with Gasteiger partial charge in [0.2, 0.25) is 0 Å². The minimum absolute atomic E-state index is 0.105. The highest BCUT2D eigenvalue weighted by molar-refractivity contribution is 6.39. The lowest BCUT2D eigenvalue weighted by atomic mass is 10.1. The Labute approximate surface area is 168 Å². The Morgan fingerprint density at radius 2 is 1.71 bits per heavy atom. The van der Waals surface area contributed by atoms with Crippen molar-refractivity contribution < 1.29 is 4.79 Å². The highest BCUT2D eigenvalue weighted by atomic mass is 16.2. The molecule has 0 aliphatic carbocycles. The van der Waals surface area contributed by atoms with Crippen molar-refractivity contribution in [2.45, 2.75) is 26.7 Å². The Balaban J connectivity index is 2.22. The van der Waals surface area contributed by atoms with Crippen LogP contribution in [0.5, 0.6) is 0 Å². The van der Waals surface area contributed by atoms with Crippen molar-refractivity contribution >= 4 is 17.3 Å². The molecule has 0 aliphatic rings. The lowest BCUT2D eigenvalue weighted by Crippen LogP contribution is -2.37. The van der Waals surface area contributed by atoms with Gasteiger partial charge in [0.25, 0.3) is 5.91 Å². The van der Waals surface area contributed by atoms with Gasteiger partial charge in [-0.15, -0.1) is 13.2 Å². The van der Waals surface area contributed by atoms with Crippen LogP contribution in [0.3, 0.4) is 0 Å². The van der Waals surface area contributed by atoms with E-state index in [4.69, 9.17) is 0 Å². The number of benzene rings is 2. The van der Waals surface area contributed by atoms with Gasteiger partial charge < -0.3 is 4.90 Å². The number of aryl methyl sites for hydroxylation is 3. The van der Waals surface area contributed by atoms with Crippen molar-refractivity contribution in [2.75, 3.05) is 18.5 Å². The molecule has 0 bridgehead atoms. The summed E-state index contributed by atoms with van der Waals surface area (Å²) in [6, 6.07) is 16.2. The van der Waals surface area contributed by atoms with Crippen molar-refractivity contribution in [1.82, 2.24) is 4.90 Å². The van der Waals surface area contributed by atoms with Gasteiger partial charge >= 0.3 is 0 Å². The van der Waals surface area contributed by atoms with E-state index >= 15 is 0 Å². The van der Waals surface area contributed by atoms with E-state index in [1.54, 1.807) is 17.1 Å². The van der Waals surface area contributed by atoms with Gasteiger partial charge in [0.05, 0.1) is 5.69 Å². The number of hydrazone groups is 1. The van der Waals surface area contributed by atoms with Gasteiger partial charge in [-0.1, -0.05) is 48.6 Å². The van der Waals surface area contributed by atoms with Crippen LogP contribution in [0.15, 0.2) is 78.9 Å². The molecule has 28 heavy (non-hydrogen) atoms. The summed E-state index contributed by atoms with van der Waals surface area (Å²) in [5.41, 5.74) is 7.99. The third-order valence-corrected chi connectivity index (χ3v) is 4.55. The Morgan fingerprint density at radius 3 is 2.32 bits per heavy atom. The zero-order valence-corrected chi connectivity index (χ0v) is 16.8. The van der Waals surface area contributed by atoms with E-state index in [-0.39, 0.29) is 5.91 Å². The van der Waals surface area contributed by atoms with E-state index in [2.05, 4.69) is 49.7 Å². The molecule has 0 spiro atoms. The molecule has 146 valence electrons. The van der Waals surface area contributed by atoms with Gasteiger partial charge in [-0.2, -0.15) is 5.10 Å². The molecule has 1 N–H and O–H groups in total. The van der Waals surface area contributed by atoms with E-state index in [9.17, 15) is 4.79 Å². The maximum atomic E-state index is 13.0. The van der Waals surface area contributed by atoms with Crippen molar-refractivity contribution in [3.8, 4) is 0 Å². The fourth-order valence-corrected chi connectivity index (χ4v) is 2.80. The SMILES string of the molecule is C=CCN(CC=C)C(=O)/C(CCc1ccccc1)=N/Nc1ccc(C)c(C)c1. The second-order valence-electron chi connectivity index (χ2n) is 6.74. The van der Waals surface area contributed by atoms with Gasteiger partial charge in [0.15, 0.2) is 0 Å². The summed E-state index contributed by atoms with van der Waals surface area (Å²) < 4.78 is 0. The predicted octanol–water partition coefficient (Wildman–Crippen LogP) is 4.90. The minimum atomic E-state index is -0.105. The first kappa shape index (κ1) is 21.2. The molecule has 0 heterocycles. The van der Waals surface area contributed by atoms with E-state index in [1.165, 1.54) is 16.7 Å². The zero-order valence-electron chi connectivity index (χ0n) is 16.8. The molecule has 2 aromatic rings. The quantitative estimate of drug-likeness (QED) is 0.364. The van der Waals surface area contributed by atoms with Crippen molar-refractivity contribution in [3.63, 3.8) is 0 Å². The Bertz CT molecular complexity index is 830. The van der Waals surface area contributed by atoms with Crippen molar-refractivity contribution in [2.24, 2.45) is 5.10 Å². The number of nitrogens with one attached hydrogen (secondary N) is 1. The third kappa shape index (κ3) is 6.23. The molecule has 2 aromatic carbocycles. The minimum Gasteiger partial charge on any atom is -0.330 e. The first-order chi connectivity index (χ1) is 13.5. The lowest BCUT2D eigenvalue weighted by Gasteiger charge is -2.20. The van der Waals surface area contributed by atoms with Gasteiger partial charge in [-0.05, 0) is 49.1 Å². The first-order valence-electron chi connectivity index (χ1n) is 9.50. The summed E-state index contributed by atoms with van der Waals surface area (Å²) in [5.74, 6) is -0.105. The molecule has 0 saturated carbocycles. The average molecular weight is 376 g/mol. The Morgan fingerprint density at radius 1 is 1.04 bits per heavy atom.